The summed E-state index contributed by atoms with van der Waals surface area (Å²) in [5.74, 6) is 0.573. The first-order chi connectivity index (χ1) is 15.4. The molecular weight excluding hydrogens is 410 g/mol. The summed E-state index contributed by atoms with van der Waals surface area (Å²) < 4.78 is 4.09. The fourth-order valence-corrected chi connectivity index (χ4v) is 4.66. The molecule has 0 aliphatic rings. The highest BCUT2D eigenvalue weighted by Crippen LogP contribution is 2.40. The number of aryl methyl sites for hydroxylation is 1. The third kappa shape index (κ3) is 3.38. The van der Waals surface area contributed by atoms with E-state index in [-0.39, 0.29) is 16.6 Å². The molecule has 5 heteroatoms. The maximum absolute atomic E-state index is 11.3. The van der Waals surface area contributed by atoms with Crippen LogP contribution in [0.25, 0.3) is 16.7 Å². The average molecular weight is 444 g/mol. The molecule has 5 rings (SSSR count). The minimum absolute atomic E-state index is 0.0481. The Morgan fingerprint density at radius 1 is 0.727 bits per heavy atom. The number of fused-ring (bicyclic) bond motifs is 4. The molecule has 0 fully saturated rings. The van der Waals surface area contributed by atoms with Crippen LogP contribution >= 0.6 is 0 Å². The molecule has 0 spiro atoms. The monoisotopic (exact) mass is 443 g/mol. The molecule has 2 N–H and O–H groups in total. The summed E-state index contributed by atoms with van der Waals surface area (Å²) in [4.78, 5) is 1.99. The van der Waals surface area contributed by atoms with Crippen LogP contribution in [0.2, 0.25) is 0 Å². The van der Waals surface area contributed by atoms with Crippen LogP contribution < -0.4 is 0 Å². The Kier molecular flexibility index (Phi) is 4.45. The van der Waals surface area contributed by atoms with Gasteiger partial charge in [-0.15, -0.1) is 14.1 Å². The number of phenols is 2. The van der Waals surface area contributed by atoms with Gasteiger partial charge in [0.25, 0.3) is 0 Å². The molecule has 5 aromatic rings. The second kappa shape index (κ2) is 6.83. The molecule has 0 saturated heterocycles. The number of phenolic OH excluding ortho intramolecular Hbond substituents is 2. The number of hydrogen-bond acceptors (Lipinski definition) is 2. The summed E-state index contributed by atoms with van der Waals surface area (Å²) in [6, 6.07) is 16.4. The van der Waals surface area contributed by atoms with E-state index in [1.807, 2.05) is 45.2 Å². The van der Waals surface area contributed by atoms with Crippen LogP contribution in [0.3, 0.4) is 0 Å². The Morgan fingerprint density at radius 2 is 1.30 bits per heavy atom. The Bertz CT molecular complexity index is 1440. The van der Waals surface area contributed by atoms with Gasteiger partial charge in [-0.3, -0.25) is 0 Å². The molecule has 0 amide bonds. The molecule has 0 unspecified atom stereocenters. The minimum atomic E-state index is -0.189. The Hall–Kier alpha value is -3.34. The van der Waals surface area contributed by atoms with Crippen molar-refractivity contribution in [2.45, 2.75) is 65.7 Å². The van der Waals surface area contributed by atoms with Crippen molar-refractivity contribution in [1.29, 1.82) is 0 Å². The van der Waals surface area contributed by atoms with E-state index in [0.29, 0.717) is 12.2 Å². The fourth-order valence-electron chi connectivity index (χ4n) is 4.66. The molecule has 0 saturated carbocycles. The SMILES string of the molecule is Cc1cc(Cc2cc(C(C)(C)C)cc(C(C)(C)C)c2O)c(O)c(-n2n3c4ccccc4n23)c1. The summed E-state index contributed by atoms with van der Waals surface area (Å²) in [5, 5.41) is 22.5. The van der Waals surface area contributed by atoms with Crippen LogP contribution in [-0.2, 0) is 17.3 Å². The molecule has 172 valence electrons. The topological polar surface area (TPSA) is 54.2 Å². The van der Waals surface area contributed by atoms with Crippen molar-refractivity contribution in [3.05, 3.63) is 76.3 Å². The Labute approximate surface area is 194 Å². The molecule has 0 radical (unpaired) electrons. The Morgan fingerprint density at radius 3 is 1.85 bits per heavy atom. The smallest absolute Gasteiger partial charge is 0.146 e. The minimum Gasteiger partial charge on any atom is -0.507 e. The van der Waals surface area contributed by atoms with Gasteiger partial charge >= 0.3 is 0 Å². The first-order valence-electron chi connectivity index (χ1n) is 11.6. The van der Waals surface area contributed by atoms with Crippen molar-refractivity contribution in [1.82, 2.24) is 14.1 Å². The van der Waals surface area contributed by atoms with Gasteiger partial charge in [-0.25, -0.2) is 0 Å². The van der Waals surface area contributed by atoms with Crippen molar-refractivity contribution in [2.75, 3.05) is 0 Å². The summed E-state index contributed by atoms with van der Waals surface area (Å²) in [6.45, 7) is 15.0. The molecule has 0 bridgehead atoms. The van der Waals surface area contributed by atoms with Gasteiger partial charge in [0, 0.05) is 12.0 Å². The lowest BCUT2D eigenvalue weighted by atomic mass is 9.78. The second-order valence-electron chi connectivity index (χ2n) is 11.4. The van der Waals surface area contributed by atoms with E-state index in [4.69, 9.17) is 0 Å². The molecule has 33 heavy (non-hydrogen) atoms. The van der Waals surface area contributed by atoms with Gasteiger partial charge in [0.1, 0.15) is 28.2 Å². The number of benzene rings is 3. The average Bonchev–Trinajstić information content (AvgIpc) is 3.36. The number of nitrogens with zero attached hydrogens (tertiary/aromatic N) is 3. The summed E-state index contributed by atoms with van der Waals surface area (Å²) in [7, 11) is 0. The van der Waals surface area contributed by atoms with Crippen molar-refractivity contribution < 1.29 is 10.2 Å². The predicted molar refractivity (Wildman–Crippen MR) is 134 cm³/mol. The van der Waals surface area contributed by atoms with Gasteiger partial charge in [0.2, 0.25) is 0 Å². The molecule has 2 aromatic heterocycles. The van der Waals surface area contributed by atoms with E-state index in [2.05, 4.69) is 65.8 Å². The van der Waals surface area contributed by atoms with Crippen LogP contribution in [0.4, 0.5) is 0 Å². The molecule has 0 atom stereocenters. The highest BCUT2D eigenvalue weighted by Gasteiger charge is 2.28. The van der Waals surface area contributed by atoms with E-state index in [1.165, 1.54) is 5.56 Å². The van der Waals surface area contributed by atoms with Crippen LogP contribution in [0.15, 0.2) is 48.5 Å². The zero-order valence-electron chi connectivity index (χ0n) is 20.6. The van der Waals surface area contributed by atoms with Gasteiger partial charge in [-0.05, 0) is 58.2 Å². The number of aromatic nitrogens is 3. The van der Waals surface area contributed by atoms with E-state index in [0.717, 1.165) is 39.0 Å². The summed E-state index contributed by atoms with van der Waals surface area (Å²) in [5.41, 5.74) is 7.62. The summed E-state index contributed by atoms with van der Waals surface area (Å²) in [6.07, 6.45) is 0.458. The largest absolute Gasteiger partial charge is 0.507 e. The first-order valence-corrected chi connectivity index (χ1v) is 11.6. The highest BCUT2D eigenvalue weighted by molar-refractivity contribution is 5.79. The lowest BCUT2D eigenvalue weighted by Gasteiger charge is -2.27. The van der Waals surface area contributed by atoms with Crippen LogP contribution in [0.1, 0.15) is 69.4 Å². The predicted octanol–water partition coefficient (Wildman–Crippen LogP) is 6.33. The molecule has 3 aromatic carbocycles. The molecule has 2 heterocycles. The molecule has 0 aliphatic heterocycles. The van der Waals surface area contributed by atoms with Crippen LogP contribution in [0.5, 0.6) is 11.5 Å². The maximum atomic E-state index is 11.3. The van der Waals surface area contributed by atoms with Gasteiger partial charge in [-0.1, -0.05) is 71.9 Å². The summed E-state index contributed by atoms with van der Waals surface area (Å²) >= 11 is 0. The first kappa shape index (κ1) is 21.5. The molecule has 5 nitrogen and oxygen atoms in total. The van der Waals surface area contributed by atoms with Crippen molar-refractivity contribution in [3.8, 4) is 17.2 Å². The number of rotatable bonds is 3. The second-order valence-corrected chi connectivity index (χ2v) is 11.4. The zero-order chi connectivity index (χ0) is 23.9. The van der Waals surface area contributed by atoms with Crippen molar-refractivity contribution >= 4 is 11.0 Å². The quantitative estimate of drug-likeness (QED) is 0.342. The van der Waals surface area contributed by atoms with Gasteiger partial charge in [0.15, 0.2) is 0 Å². The zero-order valence-corrected chi connectivity index (χ0v) is 20.6. The third-order valence-electron chi connectivity index (χ3n) is 6.59. The number of hydrogen-bond donors (Lipinski definition) is 2. The van der Waals surface area contributed by atoms with Crippen molar-refractivity contribution in [3.63, 3.8) is 0 Å². The van der Waals surface area contributed by atoms with E-state index in [9.17, 15) is 10.2 Å². The van der Waals surface area contributed by atoms with E-state index >= 15 is 0 Å². The number of para-hydroxylation sites is 2. The van der Waals surface area contributed by atoms with Gasteiger partial charge in [-0.2, -0.15) is 0 Å². The van der Waals surface area contributed by atoms with Gasteiger partial charge < -0.3 is 10.2 Å². The lowest BCUT2D eigenvalue weighted by molar-refractivity contribution is 0.438. The normalized spacial score (nSPS) is 13.1. The molecular formula is C28H33N3O2. The number of aromatic hydroxyl groups is 2. The maximum Gasteiger partial charge on any atom is 0.146 e. The fraction of sp³-hybridized carbons (Fsp3) is 0.357. The Balaban J connectivity index is 1.62. The highest BCUT2D eigenvalue weighted by atomic mass is 16.3. The van der Waals surface area contributed by atoms with E-state index in [1.54, 1.807) is 0 Å². The third-order valence-corrected chi connectivity index (χ3v) is 6.59. The van der Waals surface area contributed by atoms with E-state index < -0.39 is 0 Å². The van der Waals surface area contributed by atoms with Crippen LogP contribution in [-0.4, -0.2) is 24.3 Å². The standard InChI is InChI=1S/C28H33N3O2/c1-17-12-18(14-19-15-20(27(2,3)4)16-21(25(19)32)28(5,6)7)26(33)24(13-17)31-29-22-10-8-9-11-23(22)30(29)31/h8-13,15-16,32-33H,14H2,1-7H3. The molecule has 0 aliphatic carbocycles. The van der Waals surface area contributed by atoms with Crippen molar-refractivity contribution in [2.24, 2.45) is 0 Å². The lowest BCUT2D eigenvalue weighted by Crippen LogP contribution is -2.17. The van der Waals surface area contributed by atoms with Crippen LogP contribution in [0, 0.1) is 6.92 Å². The van der Waals surface area contributed by atoms with Gasteiger partial charge in [0.05, 0.1) is 0 Å².